The van der Waals surface area contributed by atoms with Crippen LogP contribution in [-0.4, -0.2) is 35.9 Å². The van der Waals surface area contributed by atoms with Gasteiger partial charge in [0.2, 0.25) is 11.8 Å². The first kappa shape index (κ1) is 16.0. The zero-order valence-electron chi connectivity index (χ0n) is 12.3. The summed E-state index contributed by atoms with van der Waals surface area (Å²) in [4.78, 5) is 20.1. The number of anilines is 1. The van der Waals surface area contributed by atoms with Crippen LogP contribution in [0.2, 0.25) is 0 Å². The maximum Gasteiger partial charge on any atom is 0.422 e. The number of pyridine rings is 1. The second-order valence-electron chi connectivity index (χ2n) is 5.03. The molecule has 1 aliphatic heterocycles. The number of rotatable bonds is 3. The lowest BCUT2D eigenvalue weighted by Crippen LogP contribution is -2.20. The summed E-state index contributed by atoms with van der Waals surface area (Å²) >= 11 is 0. The van der Waals surface area contributed by atoms with Crippen LogP contribution in [0.1, 0.15) is 11.3 Å². The average molecular weight is 335 g/mol. The highest BCUT2D eigenvalue weighted by atomic mass is 19.4. The van der Waals surface area contributed by atoms with E-state index in [1.807, 2.05) is 6.07 Å². The largest absolute Gasteiger partial charge is 0.468 e. The van der Waals surface area contributed by atoms with E-state index in [4.69, 9.17) is 0 Å². The maximum atomic E-state index is 12.3. The Bertz CT molecular complexity index is 789. The number of benzene rings is 1. The number of hydrogen-bond donors (Lipinski definition) is 1. The van der Waals surface area contributed by atoms with Crippen molar-refractivity contribution in [2.24, 2.45) is 4.99 Å². The third-order valence-corrected chi connectivity index (χ3v) is 3.18. The Morgan fingerprint density at radius 3 is 2.58 bits per heavy atom. The third kappa shape index (κ3) is 3.70. The van der Waals surface area contributed by atoms with Crippen molar-refractivity contribution in [1.82, 2.24) is 4.98 Å². The summed E-state index contributed by atoms with van der Waals surface area (Å²) < 4.78 is 41.6. The van der Waals surface area contributed by atoms with Crippen molar-refractivity contribution in [1.29, 1.82) is 0 Å². The van der Waals surface area contributed by atoms with E-state index >= 15 is 0 Å². The predicted octanol–water partition coefficient (Wildman–Crippen LogP) is 2.81. The summed E-state index contributed by atoms with van der Waals surface area (Å²) in [7, 11) is 0. The molecule has 5 nitrogen and oxygen atoms in total. The highest BCUT2D eigenvalue weighted by molar-refractivity contribution is 6.18. The van der Waals surface area contributed by atoms with Crippen LogP contribution < -0.4 is 10.1 Å². The molecular formula is C16H12F3N3O2. The molecule has 24 heavy (non-hydrogen) atoms. The Labute approximate surface area is 135 Å². The zero-order chi connectivity index (χ0) is 17.2. The third-order valence-electron chi connectivity index (χ3n) is 3.18. The molecule has 0 bridgehead atoms. The minimum Gasteiger partial charge on any atom is -0.468 e. The number of fused-ring (bicyclic) bond motifs is 1. The molecule has 0 radical (unpaired) electrons. The molecule has 0 unspecified atom stereocenters. The molecule has 124 valence electrons. The molecule has 3 rings (SSSR count). The molecule has 1 N–H and O–H groups in total. The van der Waals surface area contributed by atoms with Gasteiger partial charge in [-0.25, -0.2) is 4.98 Å². The molecule has 1 amide bonds. The molecule has 1 aromatic carbocycles. The van der Waals surface area contributed by atoms with Gasteiger partial charge in [-0.3, -0.25) is 9.79 Å². The summed E-state index contributed by atoms with van der Waals surface area (Å²) in [5.41, 5.74) is 1.77. The molecule has 8 heteroatoms. The van der Waals surface area contributed by atoms with E-state index < -0.39 is 12.8 Å². The van der Waals surface area contributed by atoms with Crippen LogP contribution >= 0.6 is 0 Å². The van der Waals surface area contributed by atoms with Gasteiger partial charge in [0.15, 0.2) is 6.61 Å². The summed E-state index contributed by atoms with van der Waals surface area (Å²) in [6, 6.07) is 11.7. The number of alkyl halides is 3. The molecule has 0 saturated heterocycles. The maximum absolute atomic E-state index is 12.3. The van der Waals surface area contributed by atoms with Gasteiger partial charge < -0.3 is 10.1 Å². The highest BCUT2D eigenvalue weighted by Crippen LogP contribution is 2.25. The average Bonchev–Trinajstić information content (AvgIpc) is 2.71. The Hall–Kier alpha value is -2.90. The van der Waals surface area contributed by atoms with Crippen molar-refractivity contribution < 1.29 is 22.7 Å². The van der Waals surface area contributed by atoms with Crippen molar-refractivity contribution >= 4 is 17.3 Å². The number of aromatic nitrogens is 1. The van der Waals surface area contributed by atoms with E-state index in [0.717, 1.165) is 0 Å². The first-order valence-electron chi connectivity index (χ1n) is 7.03. The van der Waals surface area contributed by atoms with E-state index in [1.165, 1.54) is 12.1 Å². The van der Waals surface area contributed by atoms with Gasteiger partial charge in [0, 0.05) is 11.6 Å². The molecule has 2 heterocycles. The topological polar surface area (TPSA) is 63.6 Å². The fourth-order valence-corrected chi connectivity index (χ4v) is 2.20. The molecule has 0 aliphatic carbocycles. The van der Waals surface area contributed by atoms with E-state index in [0.29, 0.717) is 17.0 Å². The summed E-state index contributed by atoms with van der Waals surface area (Å²) in [6.07, 6.45) is -4.46. The highest BCUT2D eigenvalue weighted by Gasteiger charge is 2.29. The second-order valence-corrected chi connectivity index (χ2v) is 5.03. The SMILES string of the molecule is O=C1CN=C(c2ccccc2)c2nc(OCC(F)(F)F)ccc2N1. The van der Waals surface area contributed by atoms with Crippen molar-refractivity contribution in [3.05, 3.63) is 53.7 Å². The number of carbonyl (C=O) groups excluding carboxylic acids is 1. The Balaban J connectivity index is 2.00. The normalized spacial score (nSPS) is 14.3. The molecule has 0 fully saturated rings. The van der Waals surface area contributed by atoms with Gasteiger partial charge in [-0.15, -0.1) is 0 Å². The van der Waals surface area contributed by atoms with E-state index in [1.54, 1.807) is 24.3 Å². The quantitative estimate of drug-likeness (QED) is 0.938. The van der Waals surface area contributed by atoms with Crippen molar-refractivity contribution in [3.8, 4) is 5.88 Å². The van der Waals surface area contributed by atoms with Crippen LogP contribution in [0, 0.1) is 0 Å². The Morgan fingerprint density at radius 1 is 1.12 bits per heavy atom. The first-order chi connectivity index (χ1) is 11.4. The number of amides is 1. The van der Waals surface area contributed by atoms with Gasteiger partial charge in [0.25, 0.3) is 0 Å². The number of carbonyl (C=O) groups is 1. The van der Waals surface area contributed by atoms with Crippen LogP contribution in [0.4, 0.5) is 18.9 Å². The van der Waals surface area contributed by atoms with Gasteiger partial charge in [0.05, 0.1) is 11.4 Å². The lowest BCUT2D eigenvalue weighted by atomic mass is 10.1. The number of hydrogen-bond acceptors (Lipinski definition) is 4. The standard InChI is InChI=1S/C16H12F3N3O2/c17-16(18,19)9-24-13-7-6-11-15(22-13)14(20-8-12(23)21-11)10-4-2-1-3-5-10/h1-7H,8-9H2,(H,21,23). The van der Waals surface area contributed by atoms with Gasteiger partial charge in [0.1, 0.15) is 12.2 Å². The summed E-state index contributed by atoms with van der Waals surface area (Å²) in [5.74, 6) is -0.515. The number of aliphatic imine (C=N–C) groups is 1. The van der Waals surface area contributed by atoms with Crippen LogP contribution in [0.15, 0.2) is 47.5 Å². The second kappa shape index (κ2) is 6.31. The monoisotopic (exact) mass is 335 g/mol. The molecule has 0 spiro atoms. The number of nitrogens with one attached hydrogen (secondary N) is 1. The molecule has 1 aromatic heterocycles. The lowest BCUT2D eigenvalue weighted by Gasteiger charge is -2.12. The van der Waals surface area contributed by atoms with Gasteiger partial charge in [-0.05, 0) is 6.07 Å². The predicted molar refractivity (Wildman–Crippen MR) is 81.4 cm³/mol. The smallest absolute Gasteiger partial charge is 0.422 e. The van der Waals surface area contributed by atoms with Crippen LogP contribution in [-0.2, 0) is 4.79 Å². The minimum atomic E-state index is -4.46. The zero-order valence-corrected chi connectivity index (χ0v) is 12.3. The number of ether oxygens (including phenoxy) is 1. The van der Waals surface area contributed by atoms with Crippen LogP contribution in [0.5, 0.6) is 5.88 Å². The van der Waals surface area contributed by atoms with Gasteiger partial charge in [-0.1, -0.05) is 30.3 Å². The van der Waals surface area contributed by atoms with Crippen molar-refractivity contribution in [2.45, 2.75) is 6.18 Å². The fraction of sp³-hybridized carbons (Fsp3) is 0.188. The molecule has 2 aromatic rings. The van der Waals surface area contributed by atoms with E-state index in [2.05, 4.69) is 20.0 Å². The van der Waals surface area contributed by atoms with Gasteiger partial charge >= 0.3 is 6.18 Å². The minimum absolute atomic E-state index is 0.0979. The Kier molecular flexibility index (Phi) is 4.20. The fourth-order valence-electron chi connectivity index (χ4n) is 2.20. The Morgan fingerprint density at radius 2 is 1.88 bits per heavy atom. The summed E-state index contributed by atoms with van der Waals surface area (Å²) in [5, 5.41) is 2.63. The van der Waals surface area contributed by atoms with E-state index in [-0.39, 0.29) is 24.0 Å². The lowest BCUT2D eigenvalue weighted by molar-refractivity contribution is -0.154. The van der Waals surface area contributed by atoms with Crippen LogP contribution in [0.3, 0.4) is 0 Å². The first-order valence-corrected chi connectivity index (χ1v) is 7.03. The summed E-state index contributed by atoms with van der Waals surface area (Å²) in [6.45, 7) is -1.54. The van der Waals surface area contributed by atoms with Crippen molar-refractivity contribution in [3.63, 3.8) is 0 Å². The molecular weight excluding hydrogens is 323 g/mol. The molecule has 0 atom stereocenters. The van der Waals surface area contributed by atoms with Crippen LogP contribution in [0.25, 0.3) is 0 Å². The molecule has 0 saturated carbocycles. The molecule has 1 aliphatic rings. The number of halogens is 3. The van der Waals surface area contributed by atoms with Crippen molar-refractivity contribution in [2.75, 3.05) is 18.5 Å². The number of nitrogens with zero attached hydrogens (tertiary/aromatic N) is 2. The van der Waals surface area contributed by atoms with Gasteiger partial charge in [-0.2, -0.15) is 13.2 Å². The van der Waals surface area contributed by atoms with E-state index in [9.17, 15) is 18.0 Å².